The monoisotopic (exact) mass is 253 g/mol. The molecule has 1 saturated carbocycles. The summed E-state index contributed by atoms with van der Waals surface area (Å²) in [5.41, 5.74) is 0. The average Bonchev–Trinajstić information content (AvgIpc) is 2.77. The number of nitrogens with one attached hydrogen (secondary N) is 1. The minimum absolute atomic E-state index is 0.333. The van der Waals surface area contributed by atoms with Gasteiger partial charge in [-0.15, -0.1) is 0 Å². The zero-order valence-corrected chi connectivity index (χ0v) is 11.8. The number of hydrogen-bond acceptors (Lipinski definition) is 3. The lowest BCUT2D eigenvalue weighted by Crippen LogP contribution is -2.35. The van der Waals surface area contributed by atoms with Crippen molar-refractivity contribution in [3.05, 3.63) is 23.7 Å². The van der Waals surface area contributed by atoms with E-state index in [0.717, 1.165) is 16.8 Å². The fourth-order valence-electron chi connectivity index (χ4n) is 2.59. The molecule has 1 fully saturated rings. The number of hydrogen-bond donors (Lipinski definition) is 1. The minimum atomic E-state index is 0.333. The van der Waals surface area contributed by atoms with Crippen LogP contribution in [0.3, 0.4) is 0 Å². The largest absolute Gasteiger partial charge is 0.465 e. The van der Waals surface area contributed by atoms with Crippen LogP contribution in [0, 0.1) is 6.92 Å². The molecule has 2 rings (SSSR count). The maximum absolute atomic E-state index is 5.66. The van der Waals surface area contributed by atoms with Crippen molar-refractivity contribution < 1.29 is 4.42 Å². The second-order valence-corrected chi connectivity index (χ2v) is 6.18. The topological polar surface area (TPSA) is 25.2 Å². The Kier molecular flexibility index (Phi) is 4.57. The fourth-order valence-corrected chi connectivity index (χ4v) is 3.33. The van der Waals surface area contributed by atoms with Gasteiger partial charge in [0.1, 0.15) is 11.5 Å². The van der Waals surface area contributed by atoms with Crippen molar-refractivity contribution in [2.75, 3.05) is 6.26 Å². The summed E-state index contributed by atoms with van der Waals surface area (Å²) in [5.74, 6) is 2.06. The predicted octanol–water partition coefficient (Wildman–Crippen LogP) is 3.91. The molecule has 96 valence electrons. The molecule has 0 radical (unpaired) electrons. The van der Waals surface area contributed by atoms with Crippen LogP contribution >= 0.6 is 11.8 Å². The molecule has 1 aromatic rings. The molecular weight excluding hydrogens is 230 g/mol. The first-order valence-electron chi connectivity index (χ1n) is 6.54. The van der Waals surface area contributed by atoms with Gasteiger partial charge in [0, 0.05) is 11.3 Å². The first-order chi connectivity index (χ1) is 8.19. The highest BCUT2D eigenvalue weighted by Gasteiger charge is 2.22. The maximum Gasteiger partial charge on any atom is 0.120 e. The van der Waals surface area contributed by atoms with Gasteiger partial charge in [-0.25, -0.2) is 0 Å². The van der Waals surface area contributed by atoms with Crippen LogP contribution in [0.15, 0.2) is 16.5 Å². The van der Waals surface area contributed by atoms with Gasteiger partial charge in [0.15, 0.2) is 0 Å². The van der Waals surface area contributed by atoms with Gasteiger partial charge in [-0.3, -0.25) is 0 Å². The van der Waals surface area contributed by atoms with Crippen molar-refractivity contribution in [2.45, 2.75) is 56.9 Å². The lowest BCUT2D eigenvalue weighted by molar-refractivity contribution is 0.324. The van der Waals surface area contributed by atoms with E-state index >= 15 is 0 Å². The van der Waals surface area contributed by atoms with E-state index in [1.807, 2.05) is 24.8 Å². The lowest BCUT2D eigenvalue weighted by atomic mass is 9.94. The van der Waals surface area contributed by atoms with E-state index < -0.39 is 0 Å². The van der Waals surface area contributed by atoms with E-state index in [2.05, 4.69) is 24.6 Å². The maximum atomic E-state index is 5.66. The average molecular weight is 253 g/mol. The highest BCUT2D eigenvalue weighted by molar-refractivity contribution is 7.99. The van der Waals surface area contributed by atoms with Crippen LogP contribution in [-0.2, 0) is 0 Å². The summed E-state index contributed by atoms with van der Waals surface area (Å²) < 4.78 is 5.66. The van der Waals surface area contributed by atoms with Gasteiger partial charge < -0.3 is 9.73 Å². The molecule has 0 spiro atoms. The second-order valence-electron chi connectivity index (χ2n) is 5.05. The van der Waals surface area contributed by atoms with Gasteiger partial charge >= 0.3 is 0 Å². The zero-order valence-electron chi connectivity index (χ0n) is 11.0. The van der Waals surface area contributed by atoms with Gasteiger partial charge in [-0.1, -0.05) is 0 Å². The second kappa shape index (κ2) is 5.96. The molecule has 1 unspecified atom stereocenters. The van der Waals surface area contributed by atoms with E-state index in [9.17, 15) is 0 Å². The van der Waals surface area contributed by atoms with E-state index in [-0.39, 0.29) is 0 Å². The first kappa shape index (κ1) is 13.0. The number of rotatable bonds is 4. The Labute approximate surface area is 109 Å². The van der Waals surface area contributed by atoms with Gasteiger partial charge in [0.2, 0.25) is 0 Å². The Balaban J connectivity index is 1.81. The molecule has 1 aromatic heterocycles. The normalized spacial score (nSPS) is 27.0. The molecule has 0 bridgehead atoms. The van der Waals surface area contributed by atoms with E-state index in [0.29, 0.717) is 12.1 Å². The van der Waals surface area contributed by atoms with Crippen molar-refractivity contribution in [1.82, 2.24) is 5.32 Å². The number of thioether (sulfide) groups is 1. The Morgan fingerprint density at radius 1 is 1.29 bits per heavy atom. The molecule has 0 aromatic carbocycles. The molecule has 2 nitrogen and oxygen atoms in total. The van der Waals surface area contributed by atoms with Gasteiger partial charge in [-0.2, -0.15) is 11.8 Å². The van der Waals surface area contributed by atoms with Crippen molar-refractivity contribution >= 4 is 11.8 Å². The summed E-state index contributed by atoms with van der Waals surface area (Å²) in [6.07, 6.45) is 7.53. The molecule has 0 saturated heterocycles. The Hall–Kier alpha value is -0.410. The van der Waals surface area contributed by atoms with Crippen molar-refractivity contribution in [1.29, 1.82) is 0 Å². The molecule has 1 aliphatic rings. The predicted molar refractivity (Wildman–Crippen MR) is 74.6 cm³/mol. The third-order valence-corrected chi connectivity index (χ3v) is 4.82. The van der Waals surface area contributed by atoms with Crippen LogP contribution < -0.4 is 5.32 Å². The Morgan fingerprint density at radius 3 is 2.53 bits per heavy atom. The Bertz CT molecular complexity index is 342. The van der Waals surface area contributed by atoms with Crippen LogP contribution in [0.2, 0.25) is 0 Å². The standard InChI is InChI=1S/C14H23NOS/c1-10-4-9-14(16-10)11(2)15-12-5-7-13(17-3)8-6-12/h4,9,11-13,15H,5-8H2,1-3H3. The van der Waals surface area contributed by atoms with Crippen LogP contribution in [0.25, 0.3) is 0 Å². The molecule has 17 heavy (non-hydrogen) atoms. The van der Waals surface area contributed by atoms with E-state index in [1.54, 1.807) is 0 Å². The molecule has 3 heteroatoms. The molecule has 1 heterocycles. The van der Waals surface area contributed by atoms with Crippen LogP contribution in [-0.4, -0.2) is 17.5 Å². The lowest BCUT2D eigenvalue weighted by Gasteiger charge is -2.30. The molecule has 1 atom stereocenters. The van der Waals surface area contributed by atoms with E-state index in [4.69, 9.17) is 4.42 Å². The molecule has 1 aliphatic carbocycles. The summed E-state index contributed by atoms with van der Waals surface area (Å²) in [5, 5.41) is 4.57. The molecule has 0 aliphatic heterocycles. The molecular formula is C14H23NOS. The highest BCUT2D eigenvalue weighted by atomic mass is 32.2. The fraction of sp³-hybridized carbons (Fsp3) is 0.714. The number of furan rings is 1. The van der Waals surface area contributed by atoms with Gasteiger partial charge in [0.05, 0.1) is 6.04 Å². The third-order valence-electron chi connectivity index (χ3n) is 3.68. The SMILES string of the molecule is CSC1CCC(NC(C)c2ccc(C)o2)CC1. The van der Waals surface area contributed by atoms with Crippen LogP contribution in [0.4, 0.5) is 0 Å². The minimum Gasteiger partial charge on any atom is -0.465 e. The number of aryl methyl sites for hydroxylation is 1. The summed E-state index contributed by atoms with van der Waals surface area (Å²) in [4.78, 5) is 0. The summed E-state index contributed by atoms with van der Waals surface area (Å²) >= 11 is 2.02. The Morgan fingerprint density at radius 2 is 2.00 bits per heavy atom. The zero-order chi connectivity index (χ0) is 12.3. The first-order valence-corrected chi connectivity index (χ1v) is 7.83. The third kappa shape index (κ3) is 3.52. The highest BCUT2D eigenvalue weighted by Crippen LogP contribution is 2.28. The summed E-state index contributed by atoms with van der Waals surface area (Å²) in [6, 6.07) is 5.12. The van der Waals surface area contributed by atoms with Gasteiger partial charge in [0.25, 0.3) is 0 Å². The quantitative estimate of drug-likeness (QED) is 0.880. The summed E-state index contributed by atoms with van der Waals surface area (Å²) in [7, 11) is 0. The van der Waals surface area contributed by atoms with Crippen LogP contribution in [0.1, 0.15) is 50.2 Å². The summed E-state index contributed by atoms with van der Waals surface area (Å²) in [6.45, 7) is 4.19. The molecule has 1 N–H and O–H groups in total. The van der Waals surface area contributed by atoms with Gasteiger partial charge in [-0.05, 0) is 57.9 Å². The van der Waals surface area contributed by atoms with Crippen LogP contribution in [0.5, 0.6) is 0 Å². The van der Waals surface area contributed by atoms with Crippen molar-refractivity contribution in [3.63, 3.8) is 0 Å². The van der Waals surface area contributed by atoms with Crippen molar-refractivity contribution in [3.8, 4) is 0 Å². The smallest absolute Gasteiger partial charge is 0.120 e. The van der Waals surface area contributed by atoms with Crippen molar-refractivity contribution in [2.24, 2.45) is 0 Å². The molecule has 0 amide bonds. The van der Waals surface area contributed by atoms with E-state index in [1.165, 1.54) is 25.7 Å².